The normalized spacial score (nSPS) is 16.2. The second-order valence-electron chi connectivity index (χ2n) is 4.48. The molecule has 0 spiro atoms. The van der Waals surface area contributed by atoms with E-state index in [9.17, 15) is 10.1 Å². The molecule has 0 aliphatic carbocycles. The summed E-state index contributed by atoms with van der Waals surface area (Å²) in [6, 6.07) is 10.0. The van der Waals surface area contributed by atoms with E-state index in [1.807, 2.05) is 6.07 Å². The standard InChI is InChI=1S/C16H12N2O3/c1-20-14-5-2-4-13-12(14)8-7-11(10-17)18(13)16(19)15-6-3-9-21-15/h2-9,11H,1H3/t11-/m1/s1. The van der Waals surface area contributed by atoms with E-state index in [4.69, 9.17) is 9.15 Å². The molecular weight excluding hydrogens is 268 g/mol. The molecule has 5 nitrogen and oxygen atoms in total. The van der Waals surface area contributed by atoms with E-state index < -0.39 is 6.04 Å². The molecule has 0 fully saturated rings. The molecule has 5 heteroatoms. The number of nitrogens with zero attached hydrogens (tertiary/aromatic N) is 2. The molecule has 1 amide bonds. The quantitative estimate of drug-likeness (QED) is 0.848. The van der Waals surface area contributed by atoms with Gasteiger partial charge in [-0.2, -0.15) is 5.26 Å². The fourth-order valence-corrected chi connectivity index (χ4v) is 2.37. The summed E-state index contributed by atoms with van der Waals surface area (Å²) in [4.78, 5) is 14.0. The van der Waals surface area contributed by atoms with E-state index in [0.29, 0.717) is 11.4 Å². The van der Waals surface area contributed by atoms with Gasteiger partial charge in [0.25, 0.3) is 5.91 Å². The first-order chi connectivity index (χ1) is 10.3. The molecule has 0 radical (unpaired) electrons. The number of carbonyl (C=O) groups excluding carboxylic acids is 1. The Labute approximate surface area is 121 Å². The molecule has 2 aromatic rings. The molecular formula is C16H12N2O3. The van der Waals surface area contributed by atoms with Crippen LogP contribution in [0.25, 0.3) is 6.08 Å². The van der Waals surface area contributed by atoms with E-state index in [0.717, 1.165) is 5.56 Å². The third-order valence-corrected chi connectivity index (χ3v) is 3.33. The second-order valence-corrected chi connectivity index (χ2v) is 4.48. The zero-order valence-electron chi connectivity index (χ0n) is 11.3. The predicted molar refractivity (Wildman–Crippen MR) is 76.9 cm³/mol. The predicted octanol–water partition coefficient (Wildman–Crippen LogP) is 2.85. The van der Waals surface area contributed by atoms with Gasteiger partial charge in [-0.3, -0.25) is 9.69 Å². The SMILES string of the molecule is COc1cccc2c1C=C[C@H](C#N)N2C(=O)c1ccco1. The maximum absolute atomic E-state index is 12.6. The lowest BCUT2D eigenvalue weighted by Crippen LogP contribution is -2.40. The van der Waals surface area contributed by atoms with Gasteiger partial charge in [-0.1, -0.05) is 12.1 Å². The van der Waals surface area contributed by atoms with Crippen LogP contribution in [0.5, 0.6) is 5.75 Å². The molecule has 0 saturated carbocycles. The van der Waals surface area contributed by atoms with Crippen LogP contribution < -0.4 is 9.64 Å². The number of benzene rings is 1. The minimum Gasteiger partial charge on any atom is -0.496 e. The molecule has 1 aliphatic heterocycles. The summed E-state index contributed by atoms with van der Waals surface area (Å²) in [5.74, 6) is 0.488. The molecule has 0 N–H and O–H groups in total. The van der Waals surface area contributed by atoms with E-state index in [1.54, 1.807) is 43.5 Å². The number of anilines is 1. The molecule has 2 heterocycles. The highest BCUT2D eigenvalue weighted by Crippen LogP contribution is 2.36. The topological polar surface area (TPSA) is 66.5 Å². The van der Waals surface area contributed by atoms with Gasteiger partial charge in [0.15, 0.2) is 5.76 Å². The zero-order chi connectivity index (χ0) is 14.8. The molecule has 21 heavy (non-hydrogen) atoms. The average molecular weight is 280 g/mol. The number of nitriles is 1. The third kappa shape index (κ3) is 2.07. The molecule has 104 valence electrons. The first-order valence-electron chi connectivity index (χ1n) is 6.38. The van der Waals surface area contributed by atoms with Crippen molar-refractivity contribution in [3.05, 3.63) is 54.0 Å². The summed E-state index contributed by atoms with van der Waals surface area (Å²) in [7, 11) is 1.57. The summed E-state index contributed by atoms with van der Waals surface area (Å²) in [6.45, 7) is 0. The van der Waals surface area contributed by atoms with Crippen molar-refractivity contribution in [2.75, 3.05) is 12.0 Å². The first kappa shape index (κ1) is 13.0. The number of fused-ring (bicyclic) bond motifs is 1. The van der Waals surface area contributed by atoms with Crippen molar-refractivity contribution in [3.63, 3.8) is 0 Å². The number of carbonyl (C=O) groups is 1. The Morgan fingerprint density at radius 1 is 1.38 bits per heavy atom. The monoisotopic (exact) mass is 280 g/mol. The van der Waals surface area contributed by atoms with Crippen LogP contribution >= 0.6 is 0 Å². The van der Waals surface area contributed by atoms with E-state index in [1.165, 1.54) is 11.2 Å². The average Bonchev–Trinajstić information content (AvgIpc) is 3.06. The minimum absolute atomic E-state index is 0.194. The Hall–Kier alpha value is -3.00. The Bertz CT molecular complexity index is 741. The second kappa shape index (κ2) is 5.17. The number of ether oxygens (including phenoxy) is 1. The number of amides is 1. The summed E-state index contributed by atoms with van der Waals surface area (Å²) in [5.41, 5.74) is 1.40. The molecule has 1 atom stereocenters. The fourth-order valence-electron chi connectivity index (χ4n) is 2.37. The van der Waals surface area contributed by atoms with Crippen molar-refractivity contribution < 1.29 is 13.9 Å². The maximum atomic E-state index is 12.6. The fraction of sp³-hybridized carbons (Fsp3) is 0.125. The van der Waals surface area contributed by atoms with Crippen LogP contribution in [-0.2, 0) is 0 Å². The largest absolute Gasteiger partial charge is 0.496 e. The van der Waals surface area contributed by atoms with Gasteiger partial charge in [0.05, 0.1) is 25.1 Å². The van der Waals surface area contributed by atoms with Crippen LogP contribution in [-0.4, -0.2) is 19.1 Å². The molecule has 0 bridgehead atoms. The first-order valence-corrected chi connectivity index (χ1v) is 6.38. The lowest BCUT2D eigenvalue weighted by molar-refractivity contribution is 0.0958. The van der Waals surface area contributed by atoms with Crippen LogP contribution in [0.3, 0.4) is 0 Å². The third-order valence-electron chi connectivity index (χ3n) is 3.33. The molecule has 3 rings (SSSR count). The van der Waals surface area contributed by atoms with E-state index in [2.05, 4.69) is 6.07 Å². The molecule has 0 saturated heterocycles. The van der Waals surface area contributed by atoms with Gasteiger partial charge in [0, 0.05) is 5.56 Å². The molecule has 0 unspecified atom stereocenters. The Balaban J connectivity index is 2.13. The van der Waals surface area contributed by atoms with E-state index in [-0.39, 0.29) is 11.7 Å². The highest BCUT2D eigenvalue weighted by molar-refractivity contribution is 6.07. The van der Waals surface area contributed by atoms with Crippen molar-refractivity contribution in [3.8, 4) is 11.8 Å². The van der Waals surface area contributed by atoms with Gasteiger partial charge in [-0.25, -0.2) is 0 Å². The zero-order valence-corrected chi connectivity index (χ0v) is 11.3. The van der Waals surface area contributed by atoms with Crippen molar-refractivity contribution in [2.24, 2.45) is 0 Å². The lowest BCUT2D eigenvalue weighted by Gasteiger charge is -2.30. The minimum atomic E-state index is -0.679. The number of hydrogen-bond acceptors (Lipinski definition) is 4. The number of rotatable bonds is 2. The Morgan fingerprint density at radius 3 is 2.90 bits per heavy atom. The van der Waals surface area contributed by atoms with Crippen LogP contribution in [0.1, 0.15) is 16.1 Å². The van der Waals surface area contributed by atoms with Crippen molar-refractivity contribution >= 4 is 17.7 Å². The van der Waals surface area contributed by atoms with Crippen LogP contribution in [0.4, 0.5) is 5.69 Å². The number of furan rings is 1. The van der Waals surface area contributed by atoms with Gasteiger partial charge in [0.1, 0.15) is 11.8 Å². The molecule has 1 aromatic heterocycles. The van der Waals surface area contributed by atoms with Gasteiger partial charge in [-0.05, 0) is 30.3 Å². The van der Waals surface area contributed by atoms with Gasteiger partial charge < -0.3 is 9.15 Å². The van der Waals surface area contributed by atoms with Gasteiger partial charge in [0.2, 0.25) is 0 Å². The van der Waals surface area contributed by atoms with Crippen molar-refractivity contribution in [2.45, 2.75) is 6.04 Å². The van der Waals surface area contributed by atoms with Gasteiger partial charge >= 0.3 is 0 Å². The van der Waals surface area contributed by atoms with E-state index >= 15 is 0 Å². The smallest absolute Gasteiger partial charge is 0.295 e. The molecule has 1 aromatic carbocycles. The summed E-state index contributed by atoms with van der Waals surface area (Å²) in [5, 5.41) is 9.30. The van der Waals surface area contributed by atoms with Crippen LogP contribution in [0, 0.1) is 11.3 Å². The lowest BCUT2D eigenvalue weighted by atomic mass is 10.0. The summed E-state index contributed by atoms with van der Waals surface area (Å²) >= 11 is 0. The Kier molecular flexibility index (Phi) is 3.20. The highest BCUT2D eigenvalue weighted by atomic mass is 16.5. The summed E-state index contributed by atoms with van der Waals surface area (Å²) < 4.78 is 10.5. The number of hydrogen-bond donors (Lipinski definition) is 0. The van der Waals surface area contributed by atoms with Crippen LogP contribution in [0.2, 0.25) is 0 Å². The highest BCUT2D eigenvalue weighted by Gasteiger charge is 2.31. The maximum Gasteiger partial charge on any atom is 0.295 e. The van der Waals surface area contributed by atoms with Crippen molar-refractivity contribution in [1.29, 1.82) is 5.26 Å². The Morgan fingerprint density at radius 2 is 2.24 bits per heavy atom. The number of methoxy groups -OCH3 is 1. The van der Waals surface area contributed by atoms with Gasteiger partial charge in [-0.15, -0.1) is 0 Å². The molecule has 1 aliphatic rings. The van der Waals surface area contributed by atoms with Crippen molar-refractivity contribution in [1.82, 2.24) is 0 Å². The summed E-state index contributed by atoms with van der Waals surface area (Å²) in [6.07, 6.45) is 4.90. The van der Waals surface area contributed by atoms with Crippen LogP contribution in [0.15, 0.2) is 47.1 Å².